The van der Waals surface area contributed by atoms with Crippen LogP contribution in [0.15, 0.2) is 0 Å². The van der Waals surface area contributed by atoms with Crippen LogP contribution in [0.25, 0.3) is 0 Å². The van der Waals surface area contributed by atoms with E-state index in [0.29, 0.717) is 17.9 Å². The fraction of sp³-hybridized carbons (Fsp3) is 0.727. The lowest BCUT2D eigenvalue weighted by molar-refractivity contribution is 0.116. The maximum atomic E-state index is 5.60. The van der Waals surface area contributed by atoms with Crippen LogP contribution < -0.4 is 15.0 Å². The van der Waals surface area contributed by atoms with E-state index in [2.05, 4.69) is 20.3 Å². The molecule has 1 fully saturated rings. The molecule has 7 heteroatoms. The molecule has 18 heavy (non-hydrogen) atoms. The average molecular weight is 253 g/mol. The Hall–Kier alpha value is -1.63. The summed E-state index contributed by atoms with van der Waals surface area (Å²) in [6.45, 7) is 1.62. The van der Waals surface area contributed by atoms with Crippen LogP contribution in [0.3, 0.4) is 0 Å². The summed E-state index contributed by atoms with van der Waals surface area (Å²) in [5.41, 5.74) is 0. The van der Waals surface area contributed by atoms with E-state index >= 15 is 0 Å². The van der Waals surface area contributed by atoms with Crippen molar-refractivity contribution in [2.24, 2.45) is 0 Å². The highest BCUT2D eigenvalue weighted by Gasteiger charge is 2.19. The molecule has 1 aromatic rings. The van der Waals surface area contributed by atoms with Crippen LogP contribution in [-0.2, 0) is 4.74 Å². The van der Waals surface area contributed by atoms with Gasteiger partial charge in [0.2, 0.25) is 11.9 Å². The monoisotopic (exact) mass is 253 g/mol. The van der Waals surface area contributed by atoms with Crippen LogP contribution in [0, 0.1) is 0 Å². The Kier molecular flexibility index (Phi) is 4.14. The molecule has 0 spiro atoms. The molecular weight excluding hydrogens is 234 g/mol. The second-order valence-corrected chi connectivity index (χ2v) is 4.21. The molecule has 1 aromatic heterocycles. The summed E-state index contributed by atoms with van der Waals surface area (Å²) in [7, 11) is 5.24. The lowest BCUT2D eigenvalue weighted by Crippen LogP contribution is -2.30. The van der Waals surface area contributed by atoms with Gasteiger partial charge in [-0.2, -0.15) is 15.0 Å². The second kappa shape index (κ2) is 5.81. The lowest BCUT2D eigenvalue weighted by atomic mass is 10.2. The van der Waals surface area contributed by atoms with E-state index in [1.807, 2.05) is 11.9 Å². The second-order valence-electron chi connectivity index (χ2n) is 4.21. The molecule has 1 atom stereocenters. The van der Waals surface area contributed by atoms with Crippen molar-refractivity contribution in [1.29, 1.82) is 0 Å². The molecule has 1 unspecified atom stereocenters. The number of hydrogen-bond donors (Lipinski definition) is 1. The van der Waals surface area contributed by atoms with Crippen LogP contribution in [0.5, 0.6) is 6.01 Å². The molecular formula is C11H19N5O2. The van der Waals surface area contributed by atoms with Gasteiger partial charge in [-0.3, -0.25) is 0 Å². The van der Waals surface area contributed by atoms with E-state index in [-0.39, 0.29) is 6.10 Å². The van der Waals surface area contributed by atoms with E-state index in [4.69, 9.17) is 9.47 Å². The van der Waals surface area contributed by atoms with Crippen molar-refractivity contribution in [3.8, 4) is 6.01 Å². The largest absolute Gasteiger partial charge is 0.467 e. The molecule has 0 radical (unpaired) electrons. The molecule has 1 aliphatic rings. The van der Waals surface area contributed by atoms with Crippen LogP contribution in [-0.4, -0.2) is 55.4 Å². The quantitative estimate of drug-likeness (QED) is 0.820. The third kappa shape index (κ3) is 2.98. The minimum atomic E-state index is 0.260. The highest BCUT2D eigenvalue weighted by atomic mass is 16.5. The van der Waals surface area contributed by atoms with Crippen molar-refractivity contribution >= 4 is 11.9 Å². The zero-order valence-corrected chi connectivity index (χ0v) is 11.0. The van der Waals surface area contributed by atoms with Gasteiger partial charge >= 0.3 is 6.01 Å². The fourth-order valence-electron chi connectivity index (χ4n) is 1.90. The number of rotatable bonds is 5. The fourth-order valence-corrected chi connectivity index (χ4v) is 1.90. The number of aromatic nitrogens is 3. The predicted molar refractivity (Wildman–Crippen MR) is 68.2 cm³/mol. The third-order valence-corrected chi connectivity index (χ3v) is 2.85. The van der Waals surface area contributed by atoms with E-state index in [1.165, 1.54) is 0 Å². The van der Waals surface area contributed by atoms with E-state index in [0.717, 1.165) is 26.0 Å². The summed E-state index contributed by atoms with van der Waals surface area (Å²) >= 11 is 0. The lowest BCUT2D eigenvalue weighted by Gasteiger charge is -2.21. The molecule has 0 amide bonds. The molecule has 1 aliphatic heterocycles. The van der Waals surface area contributed by atoms with E-state index in [1.54, 1.807) is 14.2 Å². The summed E-state index contributed by atoms with van der Waals surface area (Å²) in [6, 6.07) is 0.309. The molecule has 100 valence electrons. The highest BCUT2D eigenvalue weighted by Crippen LogP contribution is 2.17. The molecule has 0 aromatic carbocycles. The Bertz CT molecular complexity index is 373. The van der Waals surface area contributed by atoms with Crippen LogP contribution in [0.2, 0.25) is 0 Å². The standard InChI is InChI=1S/C11H19N5O2/c1-12-9-13-10(15-11(14-9)17-3)16(2)7-8-5-4-6-18-8/h8H,4-7H2,1-3H3,(H,12,13,14,15). The van der Waals surface area contributed by atoms with Crippen molar-refractivity contribution in [3.05, 3.63) is 0 Å². The summed E-state index contributed by atoms with van der Waals surface area (Å²) in [5.74, 6) is 1.08. The summed E-state index contributed by atoms with van der Waals surface area (Å²) < 4.78 is 10.7. The minimum Gasteiger partial charge on any atom is -0.467 e. The SMILES string of the molecule is CNc1nc(OC)nc(N(C)CC2CCCO2)n1. The molecule has 2 heterocycles. The third-order valence-electron chi connectivity index (χ3n) is 2.85. The van der Waals surface area contributed by atoms with Gasteiger partial charge in [0.1, 0.15) is 0 Å². The Morgan fingerprint density at radius 2 is 2.28 bits per heavy atom. The smallest absolute Gasteiger partial charge is 0.322 e. The van der Waals surface area contributed by atoms with Crippen LogP contribution >= 0.6 is 0 Å². The first-order valence-electron chi connectivity index (χ1n) is 6.03. The molecule has 0 saturated carbocycles. The van der Waals surface area contributed by atoms with Crippen molar-refractivity contribution in [3.63, 3.8) is 0 Å². The van der Waals surface area contributed by atoms with E-state index in [9.17, 15) is 0 Å². The van der Waals surface area contributed by atoms with Crippen molar-refractivity contribution < 1.29 is 9.47 Å². The molecule has 7 nitrogen and oxygen atoms in total. The topological polar surface area (TPSA) is 72.4 Å². The zero-order valence-electron chi connectivity index (χ0n) is 11.0. The number of hydrogen-bond acceptors (Lipinski definition) is 7. The number of methoxy groups -OCH3 is 1. The Balaban J connectivity index is 2.09. The maximum Gasteiger partial charge on any atom is 0.322 e. The van der Waals surface area contributed by atoms with Gasteiger partial charge in [0.15, 0.2) is 0 Å². The van der Waals surface area contributed by atoms with Gasteiger partial charge in [-0.25, -0.2) is 0 Å². The van der Waals surface area contributed by atoms with Gasteiger partial charge in [-0.1, -0.05) is 0 Å². The number of nitrogens with one attached hydrogen (secondary N) is 1. The Morgan fingerprint density at radius 3 is 2.89 bits per heavy atom. The highest BCUT2D eigenvalue weighted by molar-refractivity contribution is 5.37. The molecule has 0 aliphatic carbocycles. The van der Waals surface area contributed by atoms with Gasteiger partial charge < -0.3 is 19.7 Å². The molecule has 2 rings (SSSR count). The van der Waals surface area contributed by atoms with Crippen LogP contribution in [0.1, 0.15) is 12.8 Å². The van der Waals surface area contributed by atoms with Crippen molar-refractivity contribution in [2.45, 2.75) is 18.9 Å². The van der Waals surface area contributed by atoms with Crippen LogP contribution in [0.4, 0.5) is 11.9 Å². The van der Waals surface area contributed by atoms with E-state index < -0.39 is 0 Å². The maximum absolute atomic E-state index is 5.60. The normalized spacial score (nSPS) is 18.7. The number of ether oxygens (including phenoxy) is 2. The van der Waals surface area contributed by atoms with Gasteiger partial charge in [-0.05, 0) is 12.8 Å². The summed E-state index contributed by atoms with van der Waals surface area (Å²) in [5, 5.41) is 2.89. The number of nitrogens with zero attached hydrogens (tertiary/aromatic N) is 4. The first-order valence-corrected chi connectivity index (χ1v) is 6.03. The van der Waals surface area contributed by atoms with Gasteiger partial charge in [0.05, 0.1) is 13.2 Å². The first kappa shape index (κ1) is 12.8. The minimum absolute atomic E-state index is 0.260. The number of likely N-dealkylation sites (N-methyl/N-ethyl adjacent to an activating group) is 1. The Morgan fingerprint density at radius 1 is 1.44 bits per heavy atom. The molecule has 0 bridgehead atoms. The van der Waals surface area contributed by atoms with Gasteiger partial charge in [0.25, 0.3) is 0 Å². The van der Waals surface area contributed by atoms with Crippen molar-refractivity contribution in [1.82, 2.24) is 15.0 Å². The first-order chi connectivity index (χ1) is 8.72. The summed E-state index contributed by atoms with van der Waals surface area (Å²) in [6.07, 6.45) is 2.47. The van der Waals surface area contributed by atoms with Gasteiger partial charge in [0, 0.05) is 27.2 Å². The Labute approximate surface area is 107 Å². The predicted octanol–water partition coefficient (Wildman–Crippen LogP) is 0.537. The van der Waals surface area contributed by atoms with Gasteiger partial charge in [-0.15, -0.1) is 0 Å². The molecule has 1 saturated heterocycles. The number of anilines is 2. The molecule has 1 N–H and O–H groups in total. The zero-order chi connectivity index (χ0) is 13.0. The summed E-state index contributed by atoms with van der Waals surface area (Å²) in [4.78, 5) is 14.6. The van der Waals surface area contributed by atoms with Crippen molar-refractivity contribution in [2.75, 3.05) is 44.6 Å². The average Bonchev–Trinajstić information content (AvgIpc) is 2.90.